The quantitative estimate of drug-likeness (QED) is 0.849. The number of halogens is 1. The first-order valence-corrected chi connectivity index (χ1v) is 7.21. The van der Waals surface area contributed by atoms with Crippen molar-refractivity contribution < 1.29 is 14.3 Å². The molecule has 0 aliphatic carbocycles. The van der Waals surface area contributed by atoms with Crippen molar-refractivity contribution in [3.63, 3.8) is 0 Å². The summed E-state index contributed by atoms with van der Waals surface area (Å²) in [5.41, 5.74) is 0.595. The van der Waals surface area contributed by atoms with Gasteiger partial charge in [-0.1, -0.05) is 25.7 Å². The van der Waals surface area contributed by atoms with Gasteiger partial charge in [-0.25, -0.2) is 4.39 Å². The first kappa shape index (κ1) is 15.5. The van der Waals surface area contributed by atoms with E-state index in [1.54, 1.807) is 4.90 Å². The van der Waals surface area contributed by atoms with E-state index in [-0.39, 0.29) is 18.1 Å². The standard InChI is InChI=1S/C17H20FNO2/c1-12(2)14-7-8-19(11-14)17(21)15-10-13(4-3-9-20)5-6-16(15)18/h5-6,10,12,14,20H,7-9,11H2,1-2H3. The van der Waals surface area contributed by atoms with Crippen LogP contribution in [0.5, 0.6) is 0 Å². The fourth-order valence-electron chi connectivity index (χ4n) is 2.59. The number of benzene rings is 1. The molecule has 1 saturated heterocycles. The van der Waals surface area contributed by atoms with Gasteiger partial charge < -0.3 is 10.0 Å². The molecule has 1 aliphatic rings. The van der Waals surface area contributed by atoms with E-state index in [0.29, 0.717) is 30.5 Å². The Kier molecular flexibility index (Phi) is 4.98. The van der Waals surface area contributed by atoms with Crippen molar-refractivity contribution >= 4 is 5.91 Å². The van der Waals surface area contributed by atoms with Gasteiger partial charge in [0.25, 0.3) is 5.91 Å². The summed E-state index contributed by atoms with van der Waals surface area (Å²) in [4.78, 5) is 14.2. The predicted octanol–water partition coefficient (Wildman–Crippen LogP) is 2.29. The average molecular weight is 289 g/mol. The first-order valence-electron chi connectivity index (χ1n) is 7.21. The van der Waals surface area contributed by atoms with E-state index < -0.39 is 5.82 Å². The Morgan fingerprint density at radius 2 is 2.29 bits per heavy atom. The number of nitrogens with zero attached hydrogens (tertiary/aromatic N) is 1. The van der Waals surface area contributed by atoms with Crippen LogP contribution in [0.4, 0.5) is 4.39 Å². The summed E-state index contributed by atoms with van der Waals surface area (Å²) in [5, 5.41) is 8.69. The third kappa shape index (κ3) is 3.62. The summed E-state index contributed by atoms with van der Waals surface area (Å²) in [6.07, 6.45) is 0.967. The lowest BCUT2D eigenvalue weighted by Crippen LogP contribution is -2.30. The van der Waals surface area contributed by atoms with Crippen LogP contribution in [0.3, 0.4) is 0 Å². The average Bonchev–Trinajstić information content (AvgIpc) is 2.95. The molecule has 112 valence electrons. The summed E-state index contributed by atoms with van der Waals surface area (Å²) >= 11 is 0. The fraction of sp³-hybridized carbons (Fsp3) is 0.471. The smallest absolute Gasteiger partial charge is 0.256 e. The van der Waals surface area contributed by atoms with Gasteiger partial charge in [0.1, 0.15) is 12.4 Å². The second-order valence-electron chi connectivity index (χ2n) is 5.70. The Bertz CT molecular complexity index is 586. The van der Waals surface area contributed by atoms with Crippen molar-refractivity contribution in [2.75, 3.05) is 19.7 Å². The number of likely N-dealkylation sites (tertiary alicyclic amines) is 1. The Morgan fingerprint density at radius 3 is 2.90 bits per heavy atom. The second-order valence-corrected chi connectivity index (χ2v) is 5.70. The minimum absolute atomic E-state index is 0.0594. The highest BCUT2D eigenvalue weighted by atomic mass is 19.1. The molecular weight excluding hydrogens is 269 g/mol. The maximum absolute atomic E-state index is 13.9. The fourth-order valence-corrected chi connectivity index (χ4v) is 2.59. The maximum atomic E-state index is 13.9. The molecule has 1 aromatic carbocycles. The number of carbonyl (C=O) groups is 1. The number of rotatable bonds is 2. The largest absolute Gasteiger partial charge is 0.384 e. The lowest BCUT2D eigenvalue weighted by molar-refractivity contribution is 0.0779. The Morgan fingerprint density at radius 1 is 1.52 bits per heavy atom. The molecule has 21 heavy (non-hydrogen) atoms. The van der Waals surface area contributed by atoms with E-state index in [1.165, 1.54) is 18.2 Å². The van der Waals surface area contributed by atoms with Crippen LogP contribution in [0.1, 0.15) is 36.2 Å². The molecular formula is C17H20FNO2. The van der Waals surface area contributed by atoms with Gasteiger partial charge in [-0.3, -0.25) is 4.79 Å². The molecule has 0 bridgehead atoms. The van der Waals surface area contributed by atoms with E-state index in [9.17, 15) is 9.18 Å². The molecule has 1 aromatic rings. The SMILES string of the molecule is CC(C)C1CCN(C(=O)c2cc(C#CCO)ccc2F)C1. The van der Waals surface area contributed by atoms with Crippen LogP contribution in [0, 0.1) is 29.5 Å². The summed E-state index contributed by atoms with van der Waals surface area (Å²) in [7, 11) is 0. The zero-order valence-electron chi connectivity index (χ0n) is 12.4. The van der Waals surface area contributed by atoms with E-state index >= 15 is 0 Å². The van der Waals surface area contributed by atoms with Crippen molar-refractivity contribution in [2.24, 2.45) is 11.8 Å². The van der Waals surface area contributed by atoms with Crippen LogP contribution < -0.4 is 0 Å². The normalized spacial score (nSPS) is 17.8. The molecule has 0 aromatic heterocycles. The number of carbonyl (C=O) groups excluding carboxylic acids is 1. The minimum Gasteiger partial charge on any atom is -0.384 e. The third-order valence-corrected chi connectivity index (χ3v) is 3.96. The molecule has 3 nitrogen and oxygen atoms in total. The van der Waals surface area contributed by atoms with Gasteiger partial charge in [-0.2, -0.15) is 0 Å². The van der Waals surface area contributed by atoms with Gasteiger partial charge in [-0.05, 0) is 36.5 Å². The van der Waals surface area contributed by atoms with Crippen molar-refractivity contribution in [3.05, 3.63) is 35.1 Å². The predicted molar refractivity (Wildman–Crippen MR) is 79.2 cm³/mol. The molecule has 0 radical (unpaired) electrons. The number of hydrogen-bond donors (Lipinski definition) is 1. The zero-order valence-corrected chi connectivity index (χ0v) is 12.4. The van der Waals surface area contributed by atoms with Crippen molar-refractivity contribution in [2.45, 2.75) is 20.3 Å². The van der Waals surface area contributed by atoms with Gasteiger partial charge in [0.2, 0.25) is 0 Å². The van der Waals surface area contributed by atoms with Gasteiger partial charge in [0.15, 0.2) is 0 Å². The van der Waals surface area contributed by atoms with Crippen LogP contribution in [0.15, 0.2) is 18.2 Å². The summed E-state index contributed by atoms with van der Waals surface area (Å²) in [6.45, 7) is 5.38. The molecule has 1 heterocycles. The Balaban J connectivity index is 2.19. The molecule has 1 aliphatic heterocycles. The maximum Gasteiger partial charge on any atom is 0.256 e. The Hall–Kier alpha value is -1.86. The zero-order chi connectivity index (χ0) is 15.4. The molecule has 1 N–H and O–H groups in total. The second kappa shape index (κ2) is 6.73. The lowest BCUT2D eigenvalue weighted by atomic mass is 9.95. The van der Waals surface area contributed by atoms with E-state index in [4.69, 9.17) is 5.11 Å². The van der Waals surface area contributed by atoms with Crippen LogP contribution in [0.2, 0.25) is 0 Å². The molecule has 2 rings (SSSR count). The number of aliphatic hydroxyl groups excluding tert-OH is 1. The van der Waals surface area contributed by atoms with E-state index in [2.05, 4.69) is 25.7 Å². The van der Waals surface area contributed by atoms with E-state index in [1.807, 2.05) is 0 Å². The van der Waals surface area contributed by atoms with Crippen LogP contribution in [-0.2, 0) is 0 Å². The molecule has 1 unspecified atom stereocenters. The molecule has 0 spiro atoms. The first-order chi connectivity index (χ1) is 10.0. The number of hydrogen-bond acceptors (Lipinski definition) is 2. The van der Waals surface area contributed by atoms with Crippen molar-refractivity contribution in [3.8, 4) is 11.8 Å². The summed E-state index contributed by atoms with van der Waals surface area (Å²) in [6, 6.07) is 4.23. The molecule has 0 saturated carbocycles. The highest BCUT2D eigenvalue weighted by Crippen LogP contribution is 2.25. The molecule has 1 amide bonds. The highest BCUT2D eigenvalue weighted by molar-refractivity contribution is 5.95. The molecule has 4 heteroatoms. The van der Waals surface area contributed by atoms with Gasteiger partial charge in [0.05, 0.1) is 5.56 Å². The molecule has 1 fully saturated rings. The van der Waals surface area contributed by atoms with Crippen LogP contribution in [-0.4, -0.2) is 35.6 Å². The topological polar surface area (TPSA) is 40.5 Å². The van der Waals surface area contributed by atoms with Crippen LogP contribution in [0.25, 0.3) is 0 Å². The Labute approximate surface area is 124 Å². The number of aliphatic hydroxyl groups is 1. The minimum atomic E-state index is -0.525. The summed E-state index contributed by atoms with van der Waals surface area (Å²) in [5.74, 6) is 5.40. The lowest BCUT2D eigenvalue weighted by Gasteiger charge is -2.18. The third-order valence-electron chi connectivity index (χ3n) is 3.96. The van der Waals surface area contributed by atoms with Crippen LogP contribution >= 0.6 is 0 Å². The van der Waals surface area contributed by atoms with Gasteiger partial charge in [-0.15, -0.1) is 0 Å². The highest BCUT2D eigenvalue weighted by Gasteiger charge is 2.29. The van der Waals surface area contributed by atoms with Gasteiger partial charge in [0, 0.05) is 18.7 Å². The van der Waals surface area contributed by atoms with Crippen molar-refractivity contribution in [1.82, 2.24) is 4.90 Å². The number of amides is 1. The van der Waals surface area contributed by atoms with E-state index in [0.717, 1.165) is 6.42 Å². The monoisotopic (exact) mass is 289 g/mol. The van der Waals surface area contributed by atoms with Crippen molar-refractivity contribution in [1.29, 1.82) is 0 Å². The summed E-state index contributed by atoms with van der Waals surface area (Å²) < 4.78 is 13.9. The molecule has 1 atom stereocenters. The van der Waals surface area contributed by atoms with Gasteiger partial charge >= 0.3 is 0 Å².